The summed E-state index contributed by atoms with van der Waals surface area (Å²) >= 11 is 0. The highest BCUT2D eigenvalue weighted by atomic mass is 16.2. The monoisotopic (exact) mass is 236 g/mol. The lowest BCUT2D eigenvalue weighted by Crippen LogP contribution is -2.40. The van der Waals surface area contributed by atoms with Crippen molar-refractivity contribution in [3.63, 3.8) is 0 Å². The Kier molecular flexibility index (Phi) is 3.36. The molecule has 5 nitrogen and oxygen atoms in total. The number of aryl methyl sites for hydroxylation is 2. The van der Waals surface area contributed by atoms with Crippen molar-refractivity contribution in [2.45, 2.75) is 26.7 Å². The summed E-state index contributed by atoms with van der Waals surface area (Å²) in [6, 6.07) is 1.85. The van der Waals surface area contributed by atoms with E-state index in [0.717, 1.165) is 37.5 Å². The fourth-order valence-corrected chi connectivity index (χ4v) is 2.02. The van der Waals surface area contributed by atoms with Crippen LogP contribution < -0.4 is 5.32 Å². The summed E-state index contributed by atoms with van der Waals surface area (Å²) in [6.45, 7) is 5.89. The zero-order valence-corrected chi connectivity index (χ0v) is 10.7. The normalized spacial score (nSPS) is 17.2. The lowest BCUT2D eigenvalue weighted by molar-refractivity contribution is 0.186. The van der Waals surface area contributed by atoms with Gasteiger partial charge in [0, 0.05) is 31.9 Å². The molecule has 0 aromatic carbocycles. The molecule has 0 bridgehead atoms. The number of carbonyl (C=O) groups excluding carboxylic acids is 1. The molecule has 1 saturated heterocycles. The van der Waals surface area contributed by atoms with Crippen molar-refractivity contribution < 1.29 is 4.79 Å². The zero-order chi connectivity index (χ0) is 12.4. The summed E-state index contributed by atoms with van der Waals surface area (Å²) in [4.78, 5) is 13.8. The first-order valence-electron chi connectivity index (χ1n) is 6.13. The summed E-state index contributed by atoms with van der Waals surface area (Å²) in [5.74, 6) is 1.37. The number of hydrogen-bond acceptors (Lipinski definition) is 2. The van der Waals surface area contributed by atoms with Gasteiger partial charge in [-0.15, -0.1) is 0 Å². The maximum Gasteiger partial charge on any atom is 0.323 e. The van der Waals surface area contributed by atoms with Gasteiger partial charge < -0.3 is 4.90 Å². The molecule has 2 heterocycles. The van der Waals surface area contributed by atoms with Crippen LogP contribution in [0.25, 0.3) is 0 Å². The van der Waals surface area contributed by atoms with E-state index in [1.54, 1.807) is 4.68 Å². The van der Waals surface area contributed by atoms with Crippen molar-refractivity contribution in [3.8, 4) is 0 Å². The molecular formula is C12H20N4O. The number of urea groups is 1. The van der Waals surface area contributed by atoms with Crippen molar-refractivity contribution in [1.29, 1.82) is 0 Å². The van der Waals surface area contributed by atoms with Crippen molar-refractivity contribution in [2.24, 2.45) is 13.0 Å². The Labute approximate surface area is 102 Å². The minimum atomic E-state index is -0.0324. The van der Waals surface area contributed by atoms with E-state index in [9.17, 15) is 4.79 Å². The highest BCUT2D eigenvalue weighted by Crippen LogP contribution is 2.17. The average Bonchev–Trinajstić information content (AvgIpc) is 2.58. The topological polar surface area (TPSA) is 50.2 Å². The Morgan fingerprint density at radius 1 is 1.47 bits per heavy atom. The zero-order valence-electron chi connectivity index (χ0n) is 10.7. The van der Waals surface area contributed by atoms with Crippen molar-refractivity contribution in [2.75, 3.05) is 18.4 Å². The number of hydrogen-bond donors (Lipinski definition) is 1. The lowest BCUT2D eigenvalue weighted by atomic mass is 10.00. The third-order valence-electron chi connectivity index (χ3n) is 3.42. The van der Waals surface area contributed by atoms with Gasteiger partial charge in [-0.25, -0.2) is 4.79 Å². The Balaban J connectivity index is 1.93. The van der Waals surface area contributed by atoms with Gasteiger partial charge in [-0.1, -0.05) is 6.92 Å². The van der Waals surface area contributed by atoms with Crippen LogP contribution in [0.4, 0.5) is 10.6 Å². The fourth-order valence-electron chi connectivity index (χ4n) is 2.02. The Morgan fingerprint density at radius 3 is 2.65 bits per heavy atom. The van der Waals surface area contributed by atoms with Crippen molar-refractivity contribution in [1.82, 2.24) is 14.7 Å². The van der Waals surface area contributed by atoms with Gasteiger partial charge in [0.25, 0.3) is 0 Å². The van der Waals surface area contributed by atoms with Crippen LogP contribution in [0, 0.1) is 12.8 Å². The highest BCUT2D eigenvalue weighted by Gasteiger charge is 2.20. The van der Waals surface area contributed by atoms with Crippen molar-refractivity contribution in [3.05, 3.63) is 11.8 Å². The molecule has 0 atom stereocenters. The molecule has 0 radical (unpaired) electrons. The number of piperidine rings is 1. The number of rotatable bonds is 1. The fraction of sp³-hybridized carbons (Fsp3) is 0.667. The molecule has 1 aliphatic heterocycles. The Bertz CT molecular complexity index is 385. The van der Waals surface area contributed by atoms with Crippen LogP contribution in [0.2, 0.25) is 0 Å². The minimum Gasteiger partial charge on any atom is -0.324 e. The predicted octanol–water partition coefficient (Wildman–Crippen LogP) is 1.99. The molecule has 1 aromatic heterocycles. The van der Waals surface area contributed by atoms with Gasteiger partial charge in [-0.2, -0.15) is 5.10 Å². The Morgan fingerprint density at radius 2 is 2.12 bits per heavy atom. The number of likely N-dealkylation sites (tertiary alicyclic amines) is 1. The average molecular weight is 236 g/mol. The van der Waals surface area contributed by atoms with Crippen LogP contribution in [0.1, 0.15) is 25.5 Å². The smallest absolute Gasteiger partial charge is 0.323 e. The molecule has 0 saturated carbocycles. The maximum atomic E-state index is 12.0. The van der Waals surface area contributed by atoms with Gasteiger partial charge in [0.2, 0.25) is 0 Å². The first-order chi connectivity index (χ1) is 8.06. The second kappa shape index (κ2) is 4.77. The van der Waals surface area contributed by atoms with E-state index in [0.29, 0.717) is 5.82 Å². The van der Waals surface area contributed by atoms with Gasteiger partial charge in [-0.3, -0.25) is 10.00 Å². The number of anilines is 1. The number of amides is 2. The van der Waals surface area contributed by atoms with E-state index >= 15 is 0 Å². The van der Waals surface area contributed by atoms with Gasteiger partial charge in [0.1, 0.15) is 0 Å². The van der Waals surface area contributed by atoms with Gasteiger partial charge in [0.05, 0.1) is 0 Å². The van der Waals surface area contributed by atoms with E-state index in [1.807, 2.05) is 24.9 Å². The van der Waals surface area contributed by atoms with Gasteiger partial charge >= 0.3 is 6.03 Å². The molecule has 2 rings (SSSR count). The van der Waals surface area contributed by atoms with Crippen LogP contribution in [-0.2, 0) is 7.05 Å². The molecule has 2 amide bonds. The van der Waals surface area contributed by atoms with Gasteiger partial charge in [-0.05, 0) is 25.7 Å². The molecule has 1 N–H and O–H groups in total. The van der Waals surface area contributed by atoms with Crippen molar-refractivity contribution >= 4 is 11.8 Å². The SMILES string of the molecule is Cc1cc(NC(=O)N2CCC(C)CC2)nn1C. The molecule has 0 unspecified atom stereocenters. The summed E-state index contributed by atoms with van der Waals surface area (Å²) in [6.07, 6.45) is 2.18. The number of nitrogens with zero attached hydrogens (tertiary/aromatic N) is 3. The third kappa shape index (κ3) is 2.78. The predicted molar refractivity (Wildman–Crippen MR) is 66.9 cm³/mol. The summed E-state index contributed by atoms with van der Waals surface area (Å²) < 4.78 is 1.76. The number of aromatic nitrogens is 2. The molecule has 1 aliphatic rings. The first-order valence-corrected chi connectivity index (χ1v) is 6.13. The first kappa shape index (κ1) is 12.0. The van der Waals surface area contributed by atoms with Crippen LogP contribution >= 0.6 is 0 Å². The Hall–Kier alpha value is -1.52. The van der Waals surface area contributed by atoms with E-state index in [2.05, 4.69) is 17.3 Å². The third-order valence-corrected chi connectivity index (χ3v) is 3.42. The standard InChI is InChI=1S/C12H20N4O/c1-9-4-6-16(7-5-9)12(17)13-11-8-10(2)15(3)14-11/h8-9H,4-7H2,1-3H3,(H,13,14,17). The maximum absolute atomic E-state index is 12.0. The minimum absolute atomic E-state index is 0.0324. The molecular weight excluding hydrogens is 216 g/mol. The summed E-state index contributed by atoms with van der Waals surface area (Å²) in [5, 5.41) is 7.06. The molecule has 0 spiro atoms. The summed E-state index contributed by atoms with van der Waals surface area (Å²) in [7, 11) is 1.87. The summed E-state index contributed by atoms with van der Waals surface area (Å²) in [5.41, 5.74) is 1.03. The molecule has 0 aliphatic carbocycles. The van der Waals surface area contributed by atoms with Crippen LogP contribution in [0.3, 0.4) is 0 Å². The van der Waals surface area contributed by atoms with Crippen LogP contribution in [0.5, 0.6) is 0 Å². The number of carbonyl (C=O) groups is 1. The van der Waals surface area contributed by atoms with E-state index in [1.165, 1.54) is 0 Å². The second-order valence-electron chi connectivity index (χ2n) is 4.89. The van der Waals surface area contributed by atoms with E-state index in [4.69, 9.17) is 0 Å². The molecule has 5 heteroatoms. The van der Waals surface area contributed by atoms with Crippen LogP contribution in [0.15, 0.2) is 6.07 Å². The number of nitrogens with one attached hydrogen (secondary N) is 1. The molecule has 17 heavy (non-hydrogen) atoms. The highest BCUT2D eigenvalue weighted by molar-refractivity contribution is 5.88. The van der Waals surface area contributed by atoms with E-state index in [-0.39, 0.29) is 6.03 Å². The largest absolute Gasteiger partial charge is 0.324 e. The molecule has 1 fully saturated rings. The molecule has 1 aromatic rings. The van der Waals surface area contributed by atoms with Crippen LogP contribution in [-0.4, -0.2) is 33.8 Å². The molecule has 94 valence electrons. The van der Waals surface area contributed by atoms with E-state index < -0.39 is 0 Å². The van der Waals surface area contributed by atoms with Gasteiger partial charge in [0.15, 0.2) is 5.82 Å². The second-order valence-corrected chi connectivity index (χ2v) is 4.89. The quantitative estimate of drug-likeness (QED) is 0.810. The lowest BCUT2D eigenvalue weighted by Gasteiger charge is -2.29.